The van der Waals surface area contributed by atoms with E-state index < -0.39 is 17.9 Å². The Bertz CT molecular complexity index is 485. The molecule has 1 heterocycles. The largest absolute Gasteiger partial charge is 0.392 e. The zero-order valence-electron chi connectivity index (χ0n) is 10.9. The van der Waals surface area contributed by atoms with Crippen molar-refractivity contribution in [2.45, 2.75) is 26.0 Å². The highest BCUT2D eigenvalue weighted by Crippen LogP contribution is 2.18. The molecular weight excluding hydrogens is 244 g/mol. The normalized spacial score (nSPS) is 15.6. The number of rotatable bonds is 2. The predicted octanol–water partition coefficient (Wildman–Crippen LogP) is 0.0683. The van der Waals surface area contributed by atoms with Gasteiger partial charge in [-0.1, -0.05) is 24.3 Å². The van der Waals surface area contributed by atoms with E-state index >= 15 is 0 Å². The number of hydrogen-bond acceptors (Lipinski definition) is 3. The monoisotopic (exact) mass is 262 g/mol. The van der Waals surface area contributed by atoms with E-state index in [-0.39, 0.29) is 6.54 Å². The number of aliphatic hydroxyl groups excluding tert-OH is 1. The second kappa shape index (κ2) is 5.84. The van der Waals surface area contributed by atoms with Crippen molar-refractivity contribution < 1.29 is 14.7 Å². The van der Waals surface area contributed by atoms with Crippen LogP contribution in [0.2, 0.25) is 0 Å². The van der Waals surface area contributed by atoms with Gasteiger partial charge in [0.15, 0.2) is 0 Å². The van der Waals surface area contributed by atoms with Gasteiger partial charge in [0.25, 0.3) is 0 Å². The summed E-state index contributed by atoms with van der Waals surface area (Å²) in [6.07, 6.45) is 0.116. The summed E-state index contributed by atoms with van der Waals surface area (Å²) in [6, 6.07) is 7.93. The van der Waals surface area contributed by atoms with E-state index in [9.17, 15) is 9.59 Å². The summed E-state index contributed by atoms with van der Waals surface area (Å²) in [5, 5.41) is 11.5. The van der Waals surface area contributed by atoms with Crippen molar-refractivity contribution in [3.05, 3.63) is 35.4 Å². The van der Waals surface area contributed by atoms with Crippen molar-refractivity contribution in [1.82, 2.24) is 10.2 Å². The molecule has 102 valence electrons. The van der Waals surface area contributed by atoms with Crippen LogP contribution in [0.1, 0.15) is 18.1 Å². The minimum absolute atomic E-state index is 0.0923. The minimum atomic E-state index is -0.654. The number of nitrogens with zero attached hydrogens (tertiary/aromatic N) is 1. The van der Waals surface area contributed by atoms with Gasteiger partial charge in [0, 0.05) is 19.6 Å². The van der Waals surface area contributed by atoms with Crippen molar-refractivity contribution in [2.24, 2.45) is 0 Å². The lowest BCUT2D eigenvalue weighted by Crippen LogP contribution is -2.46. The van der Waals surface area contributed by atoms with Crippen molar-refractivity contribution in [1.29, 1.82) is 0 Å². The SMILES string of the molecule is CC(O)CNC(=O)C(=O)N1CCc2ccccc2C1. The molecule has 1 aliphatic heterocycles. The molecule has 1 unspecified atom stereocenters. The third-order valence-corrected chi connectivity index (χ3v) is 3.17. The lowest BCUT2D eigenvalue weighted by molar-refractivity contribution is -0.146. The highest BCUT2D eigenvalue weighted by molar-refractivity contribution is 6.35. The van der Waals surface area contributed by atoms with E-state index in [0.29, 0.717) is 13.1 Å². The van der Waals surface area contributed by atoms with Crippen molar-refractivity contribution in [2.75, 3.05) is 13.1 Å². The molecule has 0 fully saturated rings. The van der Waals surface area contributed by atoms with E-state index in [4.69, 9.17) is 5.11 Å². The van der Waals surface area contributed by atoms with Crippen LogP contribution >= 0.6 is 0 Å². The predicted molar refractivity (Wildman–Crippen MR) is 70.3 cm³/mol. The maximum atomic E-state index is 12.0. The van der Waals surface area contributed by atoms with Gasteiger partial charge in [-0.3, -0.25) is 9.59 Å². The van der Waals surface area contributed by atoms with Crippen molar-refractivity contribution in [3.63, 3.8) is 0 Å². The highest BCUT2D eigenvalue weighted by Gasteiger charge is 2.25. The molecule has 1 atom stereocenters. The number of aliphatic hydroxyl groups is 1. The van der Waals surface area contributed by atoms with Crippen LogP contribution in [0.25, 0.3) is 0 Å². The number of fused-ring (bicyclic) bond motifs is 1. The van der Waals surface area contributed by atoms with Crippen LogP contribution in [0.15, 0.2) is 24.3 Å². The van der Waals surface area contributed by atoms with Crippen molar-refractivity contribution in [3.8, 4) is 0 Å². The smallest absolute Gasteiger partial charge is 0.312 e. The molecule has 0 aliphatic carbocycles. The molecule has 2 rings (SSSR count). The maximum absolute atomic E-state index is 12.0. The van der Waals surface area contributed by atoms with Crippen LogP contribution in [0, 0.1) is 0 Å². The molecule has 0 spiro atoms. The lowest BCUT2D eigenvalue weighted by Gasteiger charge is -2.28. The summed E-state index contributed by atoms with van der Waals surface area (Å²) >= 11 is 0. The van der Waals surface area contributed by atoms with Crippen LogP contribution in [0.4, 0.5) is 0 Å². The molecule has 2 N–H and O–H groups in total. The van der Waals surface area contributed by atoms with Crippen LogP contribution in [0.3, 0.4) is 0 Å². The number of carbonyl (C=O) groups is 2. The molecular formula is C14H18N2O3. The third-order valence-electron chi connectivity index (χ3n) is 3.17. The first-order chi connectivity index (χ1) is 9.08. The van der Waals surface area contributed by atoms with Gasteiger partial charge in [-0.15, -0.1) is 0 Å². The van der Waals surface area contributed by atoms with Gasteiger partial charge in [0.2, 0.25) is 0 Å². The molecule has 19 heavy (non-hydrogen) atoms. The van der Waals surface area contributed by atoms with Gasteiger partial charge in [0.1, 0.15) is 0 Å². The Balaban J connectivity index is 1.97. The molecule has 5 heteroatoms. The molecule has 0 radical (unpaired) electrons. The van der Waals surface area contributed by atoms with E-state index in [1.165, 1.54) is 5.56 Å². The second-order valence-corrected chi connectivity index (χ2v) is 4.80. The Morgan fingerprint density at radius 3 is 2.74 bits per heavy atom. The van der Waals surface area contributed by atoms with Crippen LogP contribution < -0.4 is 5.32 Å². The van der Waals surface area contributed by atoms with Gasteiger partial charge in [0.05, 0.1) is 6.10 Å². The van der Waals surface area contributed by atoms with Gasteiger partial charge in [-0.05, 0) is 24.5 Å². The van der Waals surface area contributed by atoms with Gasteiger partial charge < -0.3 is 15.3 Å². The third kappa shape index (κ3) is 3.32. The number of hydrogen-bond donors (Lipinski definition) is 2. The fourth-order valence-electron chi connectivity index (χ4n) is 2.13. The first-order valence-electron chi connectivity index (χ1n) is 6.40. The molecule has 0 bridgehead atoms. The van der Waals surface area contributed by atoms with E-state index in [2.05, 4.69) is 5.32 Å². The molecule has 1 aromatic carbocycles. The Kier molecular flexibility index (Phi) is 4.16. The summed E-state index contributed by atoms with van der Waals surface area (Å²) in [7, 11) is 0. The van der Waals surface area contributed by atoms with E-state index in [0.717, 1.165) is 12.0 Å². The lowest BCUT2D eigenvalue weighted by atomic mass is 10.00. The van der Waals surface area contributed by atoms with Crippen LogP contribution in [0.5, 0.6) is 0 Å². The summed E-state index contributed by atoms with van der Waals surface area (Å²) in [5.41, 5.74) is 2.32. The minimum Gasteiger partial charge on any atom is -0.392 e. The van der Waals surface area contributed by atoms with Gasteiger partial charge in [-0.25, -0.2) is 0 Å². The first-order valence-corrected chi connectivity index (χ1v) is 6.40. The zero-order chi connectivity index (χ0) is 13.8. The fourth-order valence-corrected chi connectivity index (χ4v) is 2.13. The summed E-state index contributed by atoms with van der Waals surface area (Å²) < 4.78 is 0. The quantitative estimate of drug-likeness (QED) is 0.741. The number of amides is 2. The Hall–Kier alpha value is -1.88. The molecule has 5 nitrogen and oxygen atoms in total. The van der Waals surface area contributed by atoms with E-state index in [1.54, 1.807) is 11.8 Å². The zero-order valence-corrected chi connectivity index (χ0v) is 10.9. The Morgan fingerprint density at radius 2 is 2.05 bits per heavy atom. The average Bonchev–Trinajstić information content (AvgIpc) is 2.43. The van der Waals surface area contributed by atoms with Gasteiger partial charge in [-0.2, -0.15) is 0 Å². The summed E-state index contributed by atoms with van der Waals surface area (Å²) in [6.45, 7) is 2.67. The van der Waals surface area contributed by atoms with Crippen molar-refractivity contribution >= 4 is 11.8 Å². The summed E-state index contributed by atoms with van der Waals surface area (Å²) in [4.78, 5) is 25.1. The molecule has 0 saturated carbocycles. The standard InChI is InChI=1S/C14H18N2O3/c1-10(17)8-15-13(18)14(19)16-7-6-11-4-2-3-5-12(11)9-16/h2-5,10,17H,6-9H2,1H3,(H,15,18). The molecule has 1 aliphatic rings. The van der Waals surface area contributed by atoms with Crippen LogP contribution in [-0.2, 0) is 22.6 Å². The molecule has 2 amide bonds. The number of carbonyl (C=O) groups excluding carboxylic acids is 2. The highest BCUT2D eigenvalue weighted by atomic mass is 16.3. The fraction of sp³-hybridized carbons (Fsp3) is 0.429. The first kappa shape index (κ1) is 13.5. The molecule has 1 aromatic rings. The maximum Gasteiger partial charge on any atom is 0.312 e. The Labute approximate surface area is 112 Å². The number of nitrogens with one attached hydrogen (secondary N) is 1. The van der Waals surface area contributed by atoms with Crippen LogP contribution in [-0.4, -0.2) is 41.0 Å². The Morgan fingerprint density at radius 1 is 1.37 bits per heavy atom. The topological polar surface area (TPSA) is 69.6 Å². The average molecular weight is 262 g/mol. The number of benzene rings is 1. The molecule has 0 saturated heterocycles. The van der Waals surface area contributed by atoms with E-state index in [1.807, 2.05) is 24.3 Å². The second-order valence-electron chi connectivity index (χ2n) is 4.80. The summed E-state index contributed by atoms with van der Waals surface area (Å²) in [5.74, 6) is -1.18. The molecule has 0 aromatic heterocycles. The van der Waals surface area contributed by atoms with Gasteiger partial charge >= 0.3 is 11.8 Å².